The minimum atomic E-state index is -0.203. The molecule has 154 valence electrons. The third kappa shape index (κ3) is 6.48. The lowest BCUT2D eigenvalue weighted by Gasteiger charge is -2.10. The second-order valence-corrected chi connectivity index (χ2v) is 7.47. The van der Waals surface area contributed by atoms with Gasteiger partial charge in [0.25, 0.3) is 5.91 Å². The summed E-state index contributed by atoms with van der Waals surface area (Å²) in [7, 11) is 0. The average Bonchev–Trinajstić information content (AvgIpc) is 2.74. The molecule has 0 bridgehead atoms. The van der Waals surface area contributed by atoms with E-state index in [1.54, 1.807) is 48.5 Å². The van der Waals surface area contributed by atoms with Crippen LogP contribution in [0.5, 0.6) is 5.75 Å². The number of nitrogens with one attached hydrogen (secondary N) is 2. The largest absolute Gasteiger partial charge is 0.493 e. The van der Waals surface area contributed by atoms with Crippen LogP contribution in [0.3, 0.4) is 0 Å². The van der Waals surface area contributed by atoms with E-state index in [1.165, 1.54) is 0 Å². The highest BCUT2D eigenvalue weighted by Crippen LogP contribution is 2.17. The van der Waals surface area contributed by atoms with Gasteiger partial charge in [0.15, 0.2) is 0 Å². The van der Waals surface area contributed by atoms with Crippen molar-refractivity contribution in [3.63, 3.8) is 0 Å². The standard InChI is InChI=1S/C25H26N2O3/c1-18(2)17-30-23-14-8-20(9-15-23)25(29)27-22-12-10-21(11-13-22)26-24(28)16-19-6-4-3-5-7-19/h3-15,18H,16-17H2,1-2H3,(H,26,28)(H,27,29). The first-order valence-corrected chi connectivity index (χ1v) is 9.97. The van der Waals surface area contributed by atoms with Gasteiger partial charge in [-0.25, -0.2) is 0 Å². The molecule has 0 unspecified atom stereocenters. The summed E-state index contributed by atoms with van der Waals surface area (Å²) in [6.45, 7) is 4.81. The van der Waals surface area contributed by atoms with Crippen molar-refractivity contribution < 1.29 is 14.3 Å². The maximum absolute atomic E-state index is 12.4. The summed E-state index contributed by atoms with van der Waals surface area (Å²) >= 11 is 0. The number of anilines is 2. The summed E-state index contributed by atoms with van der Waals surface area (Å²) in [6, 6.07) is 23.7. The summed E-state index contributed by atoms with van der Waals surface area (Å²) in [5.41, 5.74) is 2.84. The number of carbonyl (C=O) groups is 2. The molecule has 0 saturated heterocycles. The predicted molar refractivity (Wildman–Crippen MR) is 120 cm³/mol. The zero-order chi connectivity index (χ0) is 21.3. The smallest absolute Gasteiger partial charge is 0.255 e. The Balaban J connectivity index is 1.52. The molecule has 0 aliphatic rings. The van der Waals surface area contributed by atoms with E-state index in [0.29, 0.717) is 35.9 Å². The van der Waals surface area contributed by atoms with E-state index < -0.39 is 0 Å². The number of hydrogen-bond acceptors (Lipinski definition) is 3. The van der Waals surface area contributed by atoms with Crippen LogP contribution < -0.4 is 15.4 Å². The molecule has 0 radical (unpaired) electrons. The van der Waals surface area contributed by atoms with E-state index in [0.717, 1.165) is 11.3 Å². The molecule has 0 aliphatic heterocycles. The number of amides is 2. The Morgan fingerprint density at radius 2 is 1.40 bits per heavy atom. The number of benzene rings is 3. The van der Waals surface area contributed by atoms with Gasteiger partial charge in [-0.2, -0.15) is 0 Å². The monoisotopic (exact) mass is 402 g/mol. The van der Waals surface area contributed by atoms with Crippen molar-refractivity contribution in [3.8, 4) is 5.75 Å². The van der Waals surface area contributed by atoms with Gasteiger partial charge in [-0.1, -0.05) is 44.2 Å². The summed E-state index contributed by atoms with van der Waals surface area (Å²) in [6.07, 6.45) is 0.316. The van der Waals surface area contributed by atoms with Gasteiger partial charge >= 0.3 is 0 Å². The lowest BCUT2D eigenvalue weighted by atomic mass is 10.1. The molecule has 2 amide bonds. The maximum atomic E-state index is 12.4. The number of hydrogen-bond donors (Lipinski definition) is 2. The van der Waals surface area contributed by atoms with Crippen molar-refractivity contribution >= 4 is 23.2 Å². The van der Waals surface area contributed by atoms with E-state index in [2.05, 4.69) is 24.5 Å². The third-order valence-electron chi connectivity index (χ3n) is 4.33. The Bertz CT molecular complexity index is 966. The summed E-state index contributed by atoms with van der Waals surface area (Å²) < 4.78 is 5.64. The molecule has 5 nitrogen and oxygen atoms in total. The second kappa shape index (κ2) is 10.3. The van der Waals surface area contributed by atoms with E-state index in [-0.39, 0.29) is 11.8 Å². The first kappa shape index (κ1) is 21.1. The Morgan fingerprint density at radius 3 is 2.00 bits per heavy atom. The molecule has 0 aliphatic carbocycles. The zero-order valence-electron chi connectivity index (χ0n) is 17.2. The lowest BCUT2D eigenvalue weighted by molar-refractivity contribution is -0.115. The number of ether oxygens (including phenoxy) is 1. The van der Waals surface area contributed by atoms with Crippen molar-refractivity contribution in [2.75, 3.05) is 17.2 Å². The highest BCUT2D eigenvalue weighted by molar-refractivity contribution is 6.04. The van der Waals surface area contributed by atoms with Crippen molar-refractivity contribution in [2.45, 2.75) is 20.3 Å². The van der Waals surface area contributed by atoms with Gasteiger partial charge in [0.05, 0.1) is 13.0 Å². The minimum Gasteiger partial charge on any atom is -0.493 e. The Hall–Kier alpha value is -3.60. The van der Waals surface area contributed by atoms with Crippen LogP contribution in [0.2, 0.25) is 0 Å². The molecular weight excluding hydrogens is 376 g/mol. The van der Waals surface area contributed by atoms with Crippen molar-refractivity contribution in [3.05, 3.63) is 90.0 Å². The van der Waals surface area contributed by atoms with Crippen LogP contribution >= 0.6 is 0 Å². The molecule has 3 aromatic carbocycles. The quantitative estimate of drug-likeness (QED) is 0.547. The Kier molecular flexibility index (Phi) is 7.22. The van der Waals surface area contributed by atoms with E-state index >= 15 is 0 Å². The maximum Gasteiger partial charge on any atom is 0.255 e. The van der Waals surface area contributed by atoms with Gasteiger partial charge in [-0.05, 0) is 60.0 Å². The van der Waals surface area contributed by atoms with Crippen LogP contribution in [0.15, 0.2) is 78.9 Å². The summed E-state index contributed by atoms with van der Waals surface area (Å²) in [5.74, 6) is 0.902. The number of rotatable bonds is 8. The predicted octanol–water partition coefficient (Wildman–Crippen LogP) is 5.15. The molecule has 0 spiro atoms. The minimum absolute atomic E-state index is 0.0854. The fourth-order valence-corrected chi connectivity index (χ4v) is 2.79. The fraction of sp³-hybridized carbons (Fsp3) is 0.200. The normalized spacial score (nSPS) is 10.5. The van der Waals surface area contributed by atoms with Gasteiger partial charge < -0.3 is 15.4 Å². The van der Waals surface area contributed by atoms with Crippen molar-refractivity contribution in [1.29, 1.82) is 0 Å². The molecule has 0 aromatic heterocycles. The average molecular weight is 402 g/mol. The van der Waals surface area contributed by atoms with E-state index in [1.807, 2.05) is 30.3 Å². The van der Waals surface area contributed by atoms with Gasteiger partial charge in [0, 0.05) is 16.9 Å². The highest BCUT2D eigenvalue weighted by Gasteiger charge is 2.08. The molecule has 5 heteroatoms. The van der Waals surface area contributed by atoms with E-state index in [4.69, 9.17) is 4.74 Å². The van der Waals surface area contributed by atoms with E-state index in [9.17, 15) is 9.59 Å². The van der Waals surface area contributed by atoms with Gasteiger partial charge in [-0.3, -0.25) is 9.59 Å². The van der Waals surface area contributed by atoms with Crippen molar-refractivity contribution in [1.82, 2.24) is 0 Å². The topological polar surface area (TPSA) is 67.4 Å². The second-order valence-electron chi connectivity index (χ2n) is 7.47. The molecule has 0 atom stereocenters. The Morgan fingerprint density at radius 1 is 0.800 bits per heavy atom. The molecule has 2 N–H and O–H groups in total. The van der Waals surface area contributed by atoms with Crippen LogP contribution in [-0.4, -0.2) is 18.4 Å². The van der Waals surface area contributed by atoms with Gasteiger partial charge in [0.1, 0.15) is 5.75 Å². The summed E-state index contributed by atoms with van der Waals surface area (Å²) in [5, 5.41) is 5.72. The summed E-state index contributed by atoms with van der Waals surface area (Å²) in [4.78, 5) is 24.6. The molecule has 0 saturated carbocycles. The molecule has 0 fully saturated rings. The molecular formula is C25H26N2O3. The van der Waals surface area contributed by atoms with Crippen LogP contribution in [0.25, 0.3) is 0 Å². The molecule has 30 heavy (non-hydrogen) atoms. The first-order valence-electron chi connectivity index (χ1n) is 9.97. The SMILES string of the molecule is CC(C)COc1ccc(C(=O)Nc2ccc(NC(=O)Cc3ccccc3)cc2)cc1. The number of carbonyl (C=O) groups excluding carboxylic acids is 2. The lowest BCUT2D eigenvalue weighted by Crippen LogP contribution is -2.15. The molecule has 3 rings (SSSR count). The van der Waals surface area contributed by atoms with Crippen LogP contribution in [0.1, 0.15) is 29.8 Å². The van der Waals surface area contributed by atoms with Crippen LogP contribution in [0.4, 0.5) is 11.4 Å². The van der Waals surface area contributed by atoms with Gasteiger partial charge in [-0.15, -0.1) is 0 Å². The Labute approximate surface area is 177 Å². The third-order valence-corrected chi connectivity index (χ3v) is 4.33. The van der Waals surface area contributed by atoms with Gasteiger partial charge in [0.2, 0.25) is 5.91 Å². The first-order chi connectivity index (χ1) is 14.5. The fourth-order valence-electron chi connectivity index (χ4n) is 2.79. The van der Waals surface area contributed by atoms with Crippen molar-refractivity contribution in [2.24, 2.45) is 5.92 Å². The molecule has 0 heterocycles. The van der Waals surface area contributed by atoms with Crippen LogP contribution in [-0.2, 0) is 11.2 Å². The zero-order valence-corrected chi connectivity index (χ0v) is 17.2. The van der Waals surface area contributed by atoms with Crippen LogP contribution in [0, 0.1) is 5.92 Å². The highest BCUT2D eigenvalue weighted by atomic mass is 16.5. The molecule has 3 aromatic rings.